The van der Waals surface area contributed by atoms with Crippen molar-refractivity contribution in [3.8, 4) is 0 Å². The Morgan fingerprint density at radius 1 is 1.15 bits per heavy atom. The van der Waals surface area contributed by atoms with Gasteiger partial charge in [-0.25, -0.2) is 4.79 Å². The van der Waals surface area contributed by atoms with Gasteiger partial charge >= 0.3 is 6.09 Å². The largest absolute Gasteiger partial charge is 0.432 e. The molecule has 0 atom stereocenters. The fourth-order valence-corrected chi connectivity index (χ4v) is 2.70. The number of benzene rings is 1. The molecule has 3 rings (SSSR count). The Morgan fingerprint density at radius 2 is 1.80 bits per heavy atom. The highest BCUT2D eigenvalue weighted by molar-refractivity contribution is 6.02. The van der Waals surface area contributed by atoms with E-state index in [1.165, 1.54) is 5.56 Å². The molecule has 0 bridgehead atoms. The van der Waals surface area contributed by atoms with Crippen LogP contribution in [0.2, 0.25) is 0 Å². The number of imide groups is 1. The van der Waals surface area contributed by atoms with E-state index in [0.29, 0.717) is 12.8 Å². The number of halogens is 1. The Bertz CT molecular complexity index is 498. The average molecular weight is 297 g/mol. The molecule has 1 aromatic rings. The summed E-state index contributed by atoms with van der Waals surface area (Å²) in [5.74, 6) is -0.281. The third-order valence-corrected chi connectivity index (χ3v) is 3.83. The monoisotopic (exact) mass is 296 g/mol. The van der Waals surface area contributed by atoms with Crippen molar-refractivity contribution in [2.75, 3.05) is 13.1 Å². The van der Waals surface area contributed by atoms with Gasteiger partial charge in [0.15, 0.2) is 5.60 Å². The predicted molar refractivity (Wildman–Crippen MR) is 75.6 cm³/mol. The van der Waals surface area contributed by atoms with Crippen LogP contribution in [0.4, 0.5) is 4.79 Å². The zero-order valence-corrected chi connectivity index (χ0v) is 11.8. The highest BCUT2D eigenvalue weighted by Gasteiger charge is 2.50. The van der Waals surface area contributed by atoms with Crippen LogP contribution in [0.3, 0.4) is 0 Å². The Labute approximate surface area is 123 Å². The molecule has 1 aromatic carbocycles. The van der Waals surface area contributed by atoms with Gasteiger partial charge in [-0.2, -0.15) is 0 Å². The highest BCUT2D eigenvalue weighted by Crippen LogP contribution is 2.30. The van der Waals surface area contributed by atoms with Crippen LogP contribution < -0.4 is 5.32 Å². The maximum atomic E-state index is 11.8. The highest BCUT2D eigenvalue weighted by atomic mass is 35.5. The molecule has 0 aliphatic carbocycles. The molecule has 0 saturated carbocycles. The first kappa shape index (κ1) is 14.8. The van der Waals surface area contributed by atoms with E-state index in [0.717, 1.165) is 19.6 Å². The molecule has 2 amide bonds. The Kier molecular flexibility index (Phi) is 4.30. The van der Waals surface area contributed by atoms with Gasteiger partial charge in [-0.15, -0.1) is 12.4 Å². The first-order chi connectivity index (χ1) is 9.18. The normalized spacial score (nSPS) is 21.2. The number of nitrogens with one attached hydrogen (secondary N) is 1. The summed E-state index contributed by atoms with van der Waals surface area (Å²) >= 11 is 0. The van der Waals surface area contributed by atoms with E-state index in [4.69, 9.17) is 4.74 Å². The minimum atomic E-state index is -0.912. The van der Waals surface area contributed by atoms with Crippen molar-refractivity contribution in [3.63, 3.8) is 0 Å². The SMILES string of the molecule is Cl.O=C1NC(=O)C2(CCN(Cc3ccccc3)CC2)O1. The van der Waals surface area contributed by atoms with E-state index in [-0.39, 0.29) is 18.3 Å². The van der Waals surface area contributed by atoms with Gasteiger partial charge in [0.1, 0.15) is 0 Å². The van der Waals surface area contributed by atoms with Crippen LogP contribution in [-0.4, -0.2) is 35.6 Å². The number of likely N-dealkylation sites (tertiary alicyclic amines) is 1. The summed E-state index contributed by atoms with van der Waals surface area (Å²) < 4.78 is 5.17. The molecule has 2 saturated heterocycles. The van der Waals surface area contributed by atoms with E-state index in [2.05, 4.69) is 22.3 Å². The van der Waals surface area contributed by atoms with Gasteiger partial charge < -0.3 is 4.74 Å². The lowest BCUT2D eigenvalue weighted by Crippen LogP contribution is -2.49. The Balaban J connectivity index is 0.00000147. The minimum absolute atomic E-state index is 0. The number of amides is 2. The average Bonchev–Trinajstić information content (AvgIpc) is 2.68. The number of hydrogen-bond acceptors (Lipinski definition) is 4. The fourth-order valence-electron chi connectivity index (χ4n) is 2.70. The second kappa shape index (κ2) is 5.81. The predicted octanol–water partition coefficient (Wildman–Crippen LogP) is 1.71. The number of rotatable bonds is 2. The van der Waals surface area contributed by atoms with E-state index >= 15 is 0 Å². The van der Waals surface area contributed by atoms with Gasteiger partial charge in [0, 0.05) is 32.5 Å². The zero-order chi connectivity index (χ0) is 13.3. The van der Waals surface area contributed by atoms with Crippen molar-refractivity contribution in [1.29, 1.82) is 0 Å². The molecule has 0 radical (unpaired) electrons. The number of carbonyl (C=O) groups is 2. The molecule has 2 aliphatic heterocycles. The summed E-state index contributed by atoms with van der Waals surface area (Å²) in [5, 5.41) is 2.22. The molecule has 108 valence electrons. The quantitative estimate of drug-likeness (QED) is 0.902. The number of piperidine rings is 1. The first-order valence-corrected chi connectivity index (χ1v) is 6.49. The molecule has 2 heterocycles. The minimum Gasteiger partial charge on any atom is -0.432 e. The smallest absolute Gasteiger partial charge is 0.415 e. The van der Waals surface area contributed by atoms with Crippen molar-refractivity contribution >= 4 is 24.4 Å². The molecule has 2 aliphatic rings. The molecular weight excluding hydrogens is 280 g/mol. The van der Waals surface area contributed by atoms with Gasteiger partial charge in [-0.3, -0.25) is 15.0 Å². The van der Waals surface area contributed by atoms with Gasteiger partial charge in [0.2, 0.25) is 0 Å². The number of ether oxygens (including phenoxy) is 1. The number of hydrogen-bond donors (Lipinski definition) is 1. The molecule has 1 spiro atoms. The molecule has 6 heteroatoms. The lowest BCUT2D eigenvalue weighted by Gasteiger charge is -2.35. The lowest BCUT2D eigenvalue weighted by atomic mass is 9.90. The van der Waals surface area contributed by atoms with Crippen LogP contribution in [0.15, 0.2) is 30.3 Å². The molecule has 1 N–H and O–H groups in total. The van der Waals surface area contributed by atoms with Gasteiger partial charge in [-0.1, -0.05) is 30.3 Å². The van der Waals surface area contributed by atoms with Crippen molar-refractivity contribution in [1.82, 2.24) is 10.2 Å². The number of alkyl carbamates (subject to hydrolysis) is 1. The zero-order valence-electron chi connectivity index (χ0n) is 11.0. The maximum absolute atomic E-state index is 11.8. The second-order valence-corrected chi connectivity index (χ2v) is 5.10. The Morgan fingerprint density at radius 3 is 2.35 bits per heavy atom. The fraction of sp³-hybridized carbons (Fsp3) is 0.429. The molecular formula is C14H17ClN2O3. The Hall–Kier alpha value is -1.59. The van der Waals surface area contributed by atoms with E-state index in [9.17, 15) is 9.59 Å². The van der Waals surface area contributed by atoms with Crippen LogP contribution in [0.1, 0.15) is 18.4 Å². The van der Waals surface area contributed by atoms with Gasteiger partial charge in [0.25, 0.3) is 5.91 Å². The molecule has 20 heavy (non-hydrogen) atoms. The number of carbonyl (C=O) groups excluding carboxylic acids is 2. The lowest BCUT2D eigenvalue weighted by molar-refractivity contribution is -0.135. The molecule has 0 aromatic heterocycles. The van der Waals surface area contributed by atoms with Crippen molar-refractivity contribution in [2.24, 2.45) is 0 Å². The summed E-state index contributed by atoms with van der Waals surface area (Å²) in [6.07, 6.45) is 0.524. The topological polar surface area (TPSA) is 58.6 Å². The summed E-state index contributed by atoms with van der Waals surface area (Å²) in [7, 11) is 0. The van der Waals surface area contributed by atoms with Crippen LogP contribution in [0.5, 0.6) is 0 Å². The van der Waals surface area contributed by atoms with Gasteiger partial charge in [0.05, 0.1) is 0 Å². The third kappa shape index (κ3) is 2.78. The molecule has 5 nitrogen and oxygen atoms in total. The molecule has 0 unspecified atom stereocenters. The molecule has 2 fully saturated rings. The number of nitrogens with zero attached hydrogens (tertiary/aromatic N) is 1. The van der Waals surface area contributed by atoms with Crippen LogP contribution in [0.25, 0.3) is 0 Å². The third-order valence-electron chi connectivity index (χ3n) is 3.83. The van der Waals surface area contributed by atoms with Crippen molar-refractivity contribution in [2.45, 2.75) is 25.0 Å². The van der Waals surface area contributed by atoms with E-state index < -0.39 is 11.7 Å². The van der Waals surface area contributed by atoms with Crippen molar-refractivity contribution < 1.29 is 14.3 Å². The van der Waals surface area contributed by atoms with Crippen LogP contribution in [0, 0.1) is 0 Å². The first-order valence-electron chi connectivity index (χ1n) is 6.49. The van der Waals surface area contributed by atoms with E-state index in [1.54, 1.807) is 0 Å². The standard InChI is InChI=1S/C14H16N2O3.ClH/c17-12-14(19-13(18)15-12)6-8-16(9-7-14)10-11-4-2-1-3-5-11;/h1-5H,6-10H2,(H,15,17,18);1H. The summed E-state index contributed by atoms with van der Waals surface area (Å²) in [5.41, 5.74) is 0.343. The van der Waals surface area contributed by atoms with Crippen molar-refractivity contribution in [3.05, 3.63) is 35.9 Å². The van der Waals surface area contributed by atoms with E-state index in [1.807, 2.05) is 18.2 Å². The van der Waals surface area contributed by atoms with Crippen LogP contribution >= 0.6 is 12.4 Å². The van der Waals surface area contributed by atoms with Crippen LogP contribution in [-0.2, 0) is 16.1 Å². The summed E-state index contributed by atoms with van der Waals surface area (Å²) in [4.78, 5) is 25.2. The van der Waals surface area contributed by atoms with Gasteiger partial charge in [-0.05, 0) is 5.56 Å². The second-order valence-electron chi connectivity index (χ2n) is 5.10. The summed E-state index contributed by atoms with van der Waals surface area (Å²) in [6, 6.07) is 10.2. The summed E-state index contributed by atoms with van der Waals surface area (Å²) in [6.45, 7) is 2.39. The maximum Gasteiger partial charge on any atom is 0.415 e.